The Labute approximate surface area is 107 Å². The predicted octanol–water partition coefficient (Wildman–Crippen LogP) is 4.39. The Hall–Kier alpha value is -1.82. The summed E-state index contributed by atoms with van der Waals surface area (Å²) >= 11 is 0. The zero-order chi connectivity index (χ0) is 11.7. The van der Waals surface area contributed by atoms with Gasteiger partial charge in [0, 0.05) is 0 Å². The van der Waals surface area contributed by atoms with Crippen molar-refractivity contribution in [2.45, 2.75) is 18.8 Å². The van der Waals surface area contributed by atoms with Gasteiger partial charge in [-0.1, -0.05) is 48.6 Å². The number of allylic oxidation sites excluding steroid dienone is 1. The third-order valence-electron chi connectivity index (χ3n) is 4.80. The molecule has 0 saturated heterocycles. The molecule has 0 N–H and O–H groups in total. The van der Waals surface area contributed by atoms with Crippen LogP contribution in [0.5, 0.6) is 0 Å². The predicted molar refractivity (Wildman–Crippen MR) is 74.6 cm³/mol. The number of benzene rings is 2. The normalized spacial score (nSPS) is 25.1. The fourth-order valence-electron chi connectivity index (χ4n) is 3.82. The fraction of sp³-hybridized carbons (Fsp3) is 0.222. The summed E-state index contributed by atoms with van der Waals surface area (Å²) in [6.45, 7) is 0. The van der Waals surface area contributed by atoms with Crippen LogP contribution in [0.1, 0.15) is 34.6 Å². The zero-order valence-electron chi connectivity index (χ0n) is 10.2. The van der Waals surface area contributed by atoms with E-state index in [1.54, 1.807) is 11.1 Å². The Balaban J connectivity index is 1.82. The highest BCUT2D eigenvalue weighted by molar-refractivity contribution is 5.81. The summed E-state index contributed by atoms with van der Waals surface area (Å²) in [6.07, 6.45) is 7.26. The molecule has 3 aliphatic carbocycles. The van der Waals surface area contributed by atoms with E-state index in [1.807, 2.05) is 0 Å². The second kappa shape index (κ2) is 2.95. The van der Waals surface area contributed by atoms with Crippen LogP contribution < -0.4 is 0 Å². The zero-order valence-corrected chi connectivity index (χ0v) is 10.2. The topological polar surface area (TPSA) is 0 Å². The van der Waals surface area contributed by atoms with Crippen molar-refractivity contribution in [1.82, 2.24) is 0 Å². The minimum atomic E-state index is 0.828. The summed E-state index contributed by atoms with van der Waals surface area (Å²) in [6, 6.07) is 13.5. The van der Waals surface area contributed by atoms with Crippen molar-refractivity contribution in [3.05, 3.63) is 64.7 Å². The van der Waals surface area contributed by atoms with Gasteiger partial charge in [0.25, 0.3) is 0 Å². The van der Waals surface area contributed by atoms with Crippen molar-refractivity contribution in [2.75, 3.05) is 0 Å². The molecular formula is C18H14. The third-order valence-corrected chi connectivity index (χ3v) is 4.80. The van der Waals surface area contributed by atoms with E-state index in [0.29, 0.717) is 0 Å². The molecule has 0 heteroatoms. The van der Waals surface area contributed by atoms with Crippen molar-refractivity contribution >= 4 is 6.08 Å². The molecule has 5 rings (SSSR count). The van der Waals surface area contributed by atoms with Gasteiger partial charge in [-0.2, -0.15) is 0 Å². The lowest BCUT2D eigenvalue weighted by Gasteiger charge is -2.15. The summed E-state index contributed by atoms with van der Waals surface area (Å²) in [7, 11) is 0. The van der Waals surface area contributed by atoms with Gasteiger partial charge in [-0.15, -0.1) is 0 Å². The highest BCUT2D eigenvalue weighted by Gasteiger charge is 2.42. The molecule has 1 saturated carbocycles. The van der Waals surface area contributed by atoms with Gasteiger partial charge in [-0.25, -0.2) is 0 Å². The van der Waals surface area contributed by atoms with E-state index in [-0.39, 0.29) is 0 Å². The van der Waals surface area contributed by atoms with Crippen molar-refractivity contribution < 1.29 is 0 Å². The van der Waals surface area contributed by atoms with Gasteiger partial charge in [0.05, 0.1) is 0 Å². The molecule has 0 bridgehead atoms. The molecule has 2 atom stereocenters. The molecule has 2 aromatic rings. The van der Waals surface area contributed by atoms with Crippen LogP contribution in [0.25, 0.3) is 17.2 Å². The average molecular weight is 230 g/mol. The highest BCUT2D eigenvalue weighted by atomic mass is 14.5. The standard InChI is InChI=1S/C18H14/c1-2-4-14-12(3-1)10-17-15(14)8-7-11-5-6-13-9-16(13)18(11)17/h1-8,13,16H,9-10H2. The largest absolute Gasteiger partial charge is 0.0802 e. The van der Waals surface area contributed by atoms with Crippen molar-refractivity contribution in [3.63, 3.8) is 0 Å². The lowest BCUT2D eigenvalue weighted by molar-refractivity contribution is 0.973. The SMILES string of the molecule is C1=CC2CC2c2c1ccc1c2Cc2ccccc2-1. The molecule has 86 valence electrons. The maximum absolute atomic E-state index is 2.40. The molecule has 0 spiro atoms. The van der Waals surface area contributed by atoms with E-state index in [2.05, 4.69) is 48.6 Å². The Bertz CT molecular complexity index is 706. The van der Waals surface area contributed by atoms with E-state index < -0.39 is 0 Å². The number of hydrogen-bond acceptors (Lipinski definition) is 0. The molecule has 0 nitrogen and oxygen atoms in total. The Morgan fingerprint density at radius 2 is 1.89 bits per heavy atom. The molecule has 0 aliphatic heterocycles. The summed E-state index contributed by atoms with van der Waals surface area (Å²) in [4.78, 5) is 0. The van der Waals surface area contributed by atoms with Gasteiger partial charge in [0.2, 0.25) is 0 Å². The van der Waals surface area contributed by atoms with Gasteiger partial charge in [-0.05, 0) is 58.1 Å². The van der Waals surface area contributed by atoms with Crippen LogP contribution >= 0.6 is 0 Å². The van der Waals surface area contributed by atoms with E-state index >= 15 is 0 Å². The maximum atomic E-state index is 2.40. The van der Waals surface area contributed by atoms with Gasteiger partial charge >= 0.3 is 0 Å². The summed E-state index contributed by atoms with van der Waals surface area (Å²) < 4.78 is 0. The van der Waals surface area contributed by atoms with E-state index in [1.165, 1.54) is 28.7 Å². The van der Waals surface area contributed by atoms with Crippen LogP contribution in [0.4, 0.5) is 0 Å². The monoisotopic (exact) mass is 230 g/mol. The molecule has 0 radical (unpaired) electrons. The van der Waals surface area contributed by atoms with E-state index in [4.69, 9.17) is 0 Å². The fourth-order valence-corrected chi connectivity index (χ4v) is 3.82. The second-order valence-corrected chi connectivity index (χ2v) is 5.79. The Morgan fingerprint density at radius 3 is 2.89 bits per heavy atom. The smallest absolute Gasteiger partial charge is 0.00104 e. The molecule has 0 aromatic heterocycles. The summed E-state index contributed by atoms with van der Waals surface area (Å²) in [5.41, 5.74) is 9.21. The minimum Gasteiger partial charge on any atom is -0.0802 e. The summed E-state index contributed by atoms with van der Waals surface area (Å²) in [5.74, 6) is 1.67. The lowest BCUT2D eigenvalue weighted by atomic mass is 9.89. The number of rotatable bonds is 0. The average Bonchev–Trinajstić information content (AvgIpc) is 3.11. The minimum absolute atomic E-state index is 0.828. The molecule has 1 fully saturated rings. The summed E-state index contributed by atoms with van der Waals surface area (Å²) in [5, 5.41) is 0. The molecule has 2 unspecified atom stereocenters. The lowest BCUT2D eigenvalue weighted by Crippen LogP contribution is -1.98. The highest BCUT2D eigenvalue weighted by Crippen LogP contribution is 2.56. The third kappa shape index (κ3) is 1.02. The van der Waals surface area contributed by atoms with E-state index in [0.717, 1.165) is 18.3 Å². The first kappa shape index (κ1) is 9.16. The van der Waals surface area contributed by atoms with Crippen molar-refractivity contribution in [1.29, 1.82) is 0 Å². The number of fused-ring (bicyclic) bond motifs is 7. The first-order chi connectivity index (χ1) is 8.92. The Morgan fingerprint density at radius 1 is 0.944 bits per heavy atom. The molecular weight excluding hydrogens is 216 g/mol. The van der Waals surface area contributed by atoms with Crippen LogP contribution in [0, 0.1) is 5.92 Å². The maximum Gasteiger partial charge on any atom is -0.00104 e. The van der Waals surface area contributed by atoms with Gasteiger partial charge in [0.1, 0.15) is 0 Å². The molecule has 0 amide bonds. The molecule has 0 heterocycles. The van der Waals surface area contributed by atoms with E-state index in [9.17, 15) is 0 Å². The second-order valence-electron chi connectivity index (χ2n) is 5.79. The number of hydrogen-bond donors (Lipinski definition) is 0. The van der Waals surface area contributed by atoms with Crippen molar-refractivity contribution in [3.8, 4) is 11.1 Å². The molecule has 18 heavy (non-hydrogen) atoms. The quantitative estimate of drug-likeness (QED) is 0.537. The van der Waals surface area contributed by atoms with Crippen LogP contribution in [0.2, 0.25) is 0 Å². The first-order valence-electron chi connectivity index (χ1n) is 6.84. The van der Waals surface area contributed by atoms with Crippen LogP contribution in [0.3, 0.4) is 0 Å². The van der Waals surface area contributed by atoms with Crippen LogP contribution in [-0.2, 0) is 6.42 Å². The van der Waals surface area contributed by atoms with Gasteiger partial charge in [0.15, 0.2) is 0 Å². The van der Waals surface area contributed by atoms with Crippen molar-refractivity contribution in [2.24, 2.45) is 5.92 Å². The molecule has 3 aliphatic rings. The molecule has 2 aromatic carbocycles. The first-order valence-corrected chi connectivity index (χ1v) is 6.84. The Kier molecular flexibility index (Phi) is 1.50. The van der Waals surface area contributed by atoms with Gasteiger partial charge in [-0.3, -0.25) is 0 Å². The van der Waals surface area contributed by atoms with Crippen LogP contribution in [0.15, 0.2) is 42.5 Å². The van der Waals surface area contributed by atoms with Gasteiger partial charge < -0.3 is 0 Å². The van der Waals surface area contributed by atoms with Crippen LogP contribution in [-0.4, -0.2) is 0 Å².